The number of carboxylic acid groups (broad SMARTS) is 1. The molecule has 2 N–H and O–H groups in total. The summed E-state index contributed by atoms with van der Waals surface area (Å²) in [4.78, 5) is 26.5. The molecular formula is C12H17N3O5. The van der Waals surface area contributed by atoms with Crippen molar-refractivity contribution < 1.29 is 24.0 Å². The van der Waals surface area contributed by atoms with E-state index in [0.717, 1.165) is 12.8 Å². The molecule has 1 aliphatic carbocycles. The molecule has 1 aliphatic rings. The number of carbonyl (C=O) groups is 2. The van der Waals surface area contributed by atoms with Gasteiger partial charge in [-0.1, -0.05) is 18.0 Å². The first kappa shape index (κ1) is 14.4. The molecule has 1 atom stereocenters. The van der Waals surface area contributed by atoms with Crippen LogP contribution in [0.15, 0.2) is 4.52 Å². The number of carbonyl (C=O) groups excluding carboxylic acids is 1. The molecule has 0 aromatic carbocycles. The van der Waals surface area contributed by atoms with Crippen LogP contribution in [0, 0.1) is 12.8 Å². The Balaban J connectivity index is 1.69. The van der Waals surface area contributed by atoms with Crippen LogP contribution in [0.4, 0.5) is 0 Å². The summed E-state index contributed by atoms with van der Waals surface area (Å²) >= 11 is 0. The number of aryl methyl sites for hydroxylation is 1. The van der Waals surface area contributed by atoms with Crippen molar-refractivity contribution in [3.8, 4) is 0 Å². The van der Waals surface area contributed by atoms with Gasteiger partial charge in [0.1, 0.15) is 19.3 Å². The number of ether oxygens (including phenoxy) is 1. The molecule has 2 rings (SSSR count). The van der Waals surface area contributed by atoms with Gasteiger partial charge in [0.2, 0.25) is 5.91 Å². The number of aliphatic carboxylic acids is 1. The van der Waals surface area contributed by atoms with Crippen molar-refractivity contribution in [3.05, 3.63) is 11.7 Å². The molecule has 0 saturated heterocycles. The SMILES string of the molecule is Cc1noc(COCC(=O)NC(CC2CC2)C(=O)O)n1. The van der Waals surface area contributed by atoms with Crippen LogP contribution in [-0.2, 0) is 20.9 Å². The fraction of sp³-hybridized carbons (Fsp3) is 0.667. The largest absolute Gasteiger partial charge is 0.480 e. The highest BCUT2D eigenvalue weighted by Crippen LogP contribution is 2.33. The number of carboxylic acids is 1. The van der Waals surface area contributed by atoms with E-state index in [-0.39, 0.29) is 19.1 Å². The predicted molar refractivity (Wildman–Crippen MR) is 65.6 cm³/mol. The number of hydrogen-bond acceptors (Lipinski definition) is 6. The van der Waals surface area contributed by atoms with Crippen LogP contribution >= 0.6 is 0 Å². The van der Waals surface area contributed by atoms with E-state index in [1.807, 2.05) is 0 Å². The first-order valence-corrected chi connectivity index (χ1v) is 6.43. The monoisotopic (exact) mass is 283 g/mol. The molecule has 1 aromatic heterocycles. The van der Waals surface area contributed by atoms with Gasteiger partial charge in [-0.05, 0) is 19.3 Å². The molecular weight excluding hydrogens is 266 g/mol. The summed E-state index contributed by atoms with van der Waals surface area (Å²) in [5.74, 6) is -0.294. The molecule has 20 heavy (non-hydrogen) atoms. The van der Waals surface area contributed by atoms with Crippen molar-refractivity contribution in [1.82, 2.24) is 15.5 Å². The zero-order valence-electron chi connectivity index (χ0n) is 11.2. The smallest absolute Gasteiger partial charge is 0.326 e. The molecule has 1 aromatic rings. The maximum absolute atomic E-state index is 11.6. The number of nitrogens with one attached hydrogen (secondary N) is 1. The van der Waals surface area contributed by atoms with Crippen LogP contribution in [0.3, 0.4) is 0 Å². The van der Waals surface area contributed by atoms with Gasteiger partial charge in [-0.2, -0.15) is 4.98 Å². The summed E-state index contributed by atoms with van der Waals surface area (Å²) in [6, 6.07) is -0.843. The Labute approximate surface area is 115 Å². The summed E-state index contributed by atoms with van der Waals surface area (Å²) < 4.78 is 9.91. The first-order chi connectivity index (χ1) is 9.54. The Morgan fingerprint density at radius 1 is 1.55 bits per heavy atom. The van der Waals surface area contributed by atoms with Crippen molar-refractivity contribution >= 4 is 11.9 Å². The van der Waals surface area contributed by atoms with Gasteiger partial charge in [0.15, 0.2) is 5.82 Å². The third kappa shape index (κ3) is 4.61. The van der Waals surface area contributed by atoms with Crippen LogP contribution in [0.5, 0.6) is 0 Å². The predicted octanol–water partition coefficient (Wildman–Crippen LogP) is 0.264. The van der Waals surface area contributed by atoms with Gasteiger partial charge >= 0.3 is 5.97 Å². The summed E-state index contributed by atoms with van der Waals surface area (Å²) in [5.41, 5.74) is 0. The number of hydrogen-bond donors (Lipinski definition) is 2. The maximum atomic E-state index is 11.6. The number of amides is 1. The standard InChI is InChI=1S/C12H17N3O5/c1-7-13-11(20-15-7)6-19-5-10(16)14-9(12(17)18)4-8-2-3-8/h8-9H,2-6H2,1H3,(H,14,16)(H,17,18). The third-order valence-corrected chi connectivity index (χ3v) is 2.93. The van der Waals surface area contributed by atoms with E-state index < -0.39 is 17.9 Å². The molecule has 8 heteroatoms. The second-order valence-corrected chi connectivity index (χ2v) is 4.87. The highest BCUT2D eigenvalue weighted by atomic mass is 16.5. The van der Waals surface area contributed by atoms with E-state index in [4.69, 9.17) is 14.4 Å². The Bertz CT molecular complexity index is 483. The van der Waals surface area contributed by atoms with Gasteiger partial charge in [-0.15, -0.1) is 0 Å². The van der Waals surface area contributed by atoms with Gasteiger partial charge < -0.3 is 19.7 Å². The molecule has 0 radical (unpaired) electrons. The number of aromatic nitrogens is 2. The van der Waals surface area contributed by atoms with Crippen LogP contribution in [0.2, 0.25) is 0 Å². The maximum Gasteiger partial charge on any atom is 0.326 e. The lowest BCUT2D eigenvalue weighted by molar-refractivity contribution is -0.143. The van der Waals surface area contributed by atoms with Gasteiger partial charge in [-0.3, -0.25) is 4.79 Å². The average molecular weight is 283 g/mol. The van der Waals surface area contributed by atoms with Crippen molar-refractivity contribution in [2.45, 2.75) is 38.8 Å². The third-order valence-electron chi connectivity index (χ3n) is 2.93. The number of rotatable bonds is 8. The van der Waals surface area contributed by atoms with Crippen molar-refractivity contribution in [3.63, 3.8) is 0 Å². The molecule has 110 valence electrons. The average Bonchev–Trinajstić information content (AvgIpc) is 3.10. The Morgan fingerprint density at radius 2 is 2.30 bits per heavy atom. The molecule has 1 heterocycles. The van der Waals surface area contributed by atoms with E-state index in [2.05, 4.69) is 15.5 Å². The van der Waals surface area contributed by atoms with Crippen LogP contribution < -0.4 is 5.32 Å². The van der Waals surface area contributed by atoms with E-state index in [1.165, 1.54) is 0 Å². The first-order valence-electron chi connectivity index (χ1n) is 6.43. The minimum absolute atomic E-state index is 0.0224. The molecule has 1 amide bonds. The van der Waals surface area contributed by atoms with Gasteiger partial charge in [0.25, 0.3) is 5.89 Å². The zero-order valence-corrected chi connectivity index (χ0v) is 11.2. The minimum Gasteiger partial charge on any atom is -0.480 e. The fourth-order valence-electron chi connectivity index (χ4n) is 1.77. The van der Waals surface area contributed by atoms with Gasteiger partial charge in [0, 0.05) is 0 Å². The van der Waals surface area contributed by atoms with Crippen LogP contribution in [0.1, 0.15) is 31.0 Å². The lowest BCUT2D eigenvalue weighted by Crippen LogP contribution is -2.42. The van der Waals surface area contributed by atoms with Crippen molar-refractivity contribution in [1.29, 1.82) is 0 Å². The van der Waals surface area contributed by atoms with Crippen LogP contribution in [-0.4, -0.2) is 39.8 Å². The van der Waals surface area contributed by atoms with Crippen molar-refractivity contribution in [2.24, 2.45) is 5.92 Å². The highest BCUT2D eigenvalue weighted by molar-refractivity contribution is 5.84. The summed E-state index contributed by atoms with van der Waals surface area (Å²) in [6.45, 7) is 1.46. The Kier molecular flexibility index (Phi) is 4.67. The van der Waals surface area contributed by atoms with Crippen LogP contribution in [0.25, 0.3) is 0 Å². The number of nitrogens with zero attached hydrogens (tertiary/aromatic N) is 2. The lowest BCUT2D eigenvalue weighted by atomic mass is 10.1. The minimum atomic E-state index is -1.02. The summed E-state index contributed by atoms with van der Waals surface area (Å²) in [7, 11) is 0. The second kappa shape index (κ2) is 6.47. The second-order valence-electron chi connectivity index (χ2n) is 4.87. The summed E-state index contributed by atoms with van der Waals surface area (Å²) in [5, 5.41) is 15.0. The summed E-state index contributed by atoms with van der Waals surface area (Å²) in [6.07, 6.45) is 2.54. The normalized spacial score (nSPS) is 15.8. The van der Waals surface area contributed by atoms with Gasteiger partial charge in [0.05, 0.1) is 0 Å². The molecule has 0 spiro atoms. The fourth-order valence-corrected chi connectivity index (χ4v) is 1.77. The van der Waals surface area contributed by atoms with E-state index in [9.17, 15) is 9.59 Å². The van der Waals surface area contributed by atoms with E-state index >= 15 is 0 Å². The van der Waals surface area contributed by atoms with Gasteiger partial charge in [-0.25, -0.2) is 4.79 Å². The molecule has 1 saturated carbocycles. The lowest BCUT2D eigenvalue weighted by Gasteiger charge is -2.13. The molecule has 0 aliphatic heterocycles. The van der Waals surface area contributed by atoms with E-state index in [0.29, 0.717) is 18.2 Å². The highest BCUT2D eigenvalue weighted by Gasteiger charge is 2.30. The molecule has 8 nitrogen and oxygen atoms in total. The molecule has 0 bridgehead atoms. The zero-order chi connectivity index (χ0) is 14.5. The quantitative estimate of drug-likeness (QED) is 0.703. The molecule has 1 fully saturated rings. The Hall–Kier alpha value is -1.96. The Morgan fingerprint density at radius 3 is 2.85 bits per heavy atom. The topological polar surface area (TPSA) is 115 Å². The van der Waals surface area contributed by atoms with E-state index in [1.54, 1.807) is 6.92 Å². The van der Waals surface area contributed by atoms with Crippen molar-refractivity contribution in [2.75, 3.05) is 6.61 Å². The molecule has 1 unspecified atom stereocenters.